The first-order valence-electron chi connectivity index (χ1n) is 7.05. The van der Waals surface area contributed by atoms with Gasteiger partial charge in [-0.05, 0) is 47.9 Å². The summed E-state index contributed by atoms with van der Waals surface area (Å²) in [5.74, 6) is 0. The first kappa shape index (κ1) is 14.7. The number of pyridine rings is 1. The van der Waals surface area contributed by atoms with E-state index in [2.05, 4.69) is 68.0 Å². The highest BCUT2D eigenvalue weighted by Crippen LogP contribution is 2.22. The van der Waals surface area contributed by atoms with Gasteiger partial charge in [-0.1, -0.05) is 39.0 Å². The van der Waals surface area contributed by atoms with Crippen molar-refractivity contribution in [3.8, 4) is 0 Å². The van der Waals surface area contributed by atoms with Crippen molar-refractivity contribution in [1.29, 1.82) is 0 Å². The molecule has 0 amide bonds. The lowest BCUT2D eigenvalue weighted by Crippen LogP contribution is -2.18. The summed E-state index contributed by atoms with van der Waals surface area (Å²) in [7, 11) is 2.12. The van der Waals surface area contributed by atoms with Crippen molar-refractivity contribution in [3.63, 3.8) is 0 Å². The van der Waals surface area contributed by atoms with Crippen LogP contribution < -0.4 is 0 Å². The number of hydrogen-bond acceptors (Lipinski definition) is 2. The molecule has 0 bridgehead atoms. The molecule has 1 aromatic heterocycles. The van der Waals surface area contributed by atoms with Crippen LogP contribution in [-0.2, 0) is 18.5 Å². The van der Waals surface area contributed by atoms with E-state index in [0.29, 0.717) is 0 Å². The van der Waals surface area contributed by atoms with Crippen LogP contribution in [0, 0.1) is 6.07 Å². The summed E-state index contributed by atoms with van der Waals surface area (Å²) in [5.41, 5.74) is 3.81. The Hall–Kier alpha value is -1.67. The molecule has 1 aromatic carbocycles. The molecule has 0 N–H and O–H groups in total. The Morgan fingerprint density at radius 1 is 1.10 bits per heavy atom. The quantitative estimate of drug-likeness (QED) is 0.837. The summed E-state index contributed by atoms with van der Waals surface area (Å²) >= 11 is 0. The fourth-order valence-electron chi connectivity index (χ4n) is 2.16. The van der Waals surface area contributed by atoms with E-state index in [0.717, 1.165) is 18.8 Å². The SMILES string of the molecule is CN(Cc1c[c]c(C(C)(C)C)cc1)Cc1ccccn1. The van der Waals surface area contributed by atoms with Gasteiger partial charge in [0.2, 0.25) is 0 Å². The number of aromatic nitrogens is 1. The van der Waals surface area contributed by atoms with Crippen molar-refractivity contribution < 1.29 is 0 Å². The Kier molecular flexibility index (Phi) is 4.56. The molecule has 0 unspecified atom stereocenters. The normalized spacial score (nSPS) is 11.8. The summed E-state index contributed by atoms with van der Waals surface area (Å²) in [6, 6.07) is 15.9. The highest BCUT2D eigenvalue weighted by atomic mass is 15.1. The molecule has 0 atom stereocenters. The van der Waals surface area contributed by atoms with E-state index in [1.807, 2.05) is 18.3 Å². The Bertz CT molecular complexity index is 524. The Morgan fingerprint density at radius 3 is 2.45 bits per heavy atom. The molecule has 0 spiro atoms. The second-order valence-electron chi connectivity index (χ2n) is 6.35. The summed E-state index contributed by atoms with van der Waals surface area (Å²) in [5, 5.41) is 0. The molecule has 2 heteroatoms. The van der Waals surface area contributed by atoms with Crippen LogP contribution in [0.15, 0.2) is 42.6 Å². The van der Waals surface area contributed by atoms with Crippen LogP contribution >= 0.6 is 0 Å². The summed E-state index contributed by atoms with van der Waals surface area (Å²) in [6.07, 6.45) is 1.84. The fourth-order valence-corrected chi connectivity index (χ4v) is 2.16. The van der Waals surface area contributed by atoms with E-state index in [4.69, 9.17) is 0 Å². The molecule has 0 aliphatic rings. The Balaban J connectivity index is 1.96. The van der Waals surface area contributed by atoms with E-state index in [9.17, 15) is 0 Å². The van der Waals surface area contributed by atoms with Crippen LogP contribution in [-0.4, -0.2) is 16.9 Å². The highest BCUT2D eigenvalue weighted by molar-refractivity contribution is 5.26. The van der Waals surface area contributed by atoms with Crippen LogP contribution in [0.2, 0.25) is 0 Å². The van der Waals surface area contributed by atoms with E-state index in [-0.39, 0.29) is 5.41 Å². The lowest BCUT2D eigenvalue weighted by Gasteiger charge is -2.20. The predicted octanol–water partition coefficient (Wildman–Crippen LogP) is 3.81. The highest BCUT2D eigenvalue weighted by Gasteiger charge is 2.13. The maximum absolute atomic E-state index is 4.36. The third kappa shape index (κ3) is 4.17. The zero-order valence-electron chi connectivity index (χ0n) is 12.9. The molecule has 20 heavy (non-hydrogen) atoms. The molecule has 1 heterocycles. The van der Waals surface area contributed by atoms with Gasteiger partial charge in [0, 0.05) is 19.3 Å². The average molecular weight is 267 g/mol. The fraction of sp³-hybridized carbons (Fsp3) is 0.389. The number of nitrogens with zero attached hydrogens (tertiary/aromatic N) is 2. The van der Waals surface area contributed by atoms with Gasteiger partial charge in [-0.3, -0.25) is 9.88 Å². The van der Waals surface area contributed by atoms with Crippen molar-refractivity contribution >= 4 is 0 Å². The smallest absolute Gasteiger partial charge is 0.0543 e. The zero-order chi connectivity index (χ0) is 14.6. The van der Waals surface area contributed by atoms with Crippen molar-refractivity contribution in [1.82, 2.24) is 9.88 Å². The maximum Gasteiger partial charge on any atom is 0.0543 e. The van der Waals surface area contributed by atoms with Crippen molar-refractivity contribution in [3.05, 3.63) is 65.5 Å². The molecule has 105 valence electrons. The first-order chi connectivity index (χ1) is 9.45. The minimum absolute atomic E-state index is 0.165. The molecule has 0 fully saturated rings. The molecule has 2 aromatic rings. The largest absolute Gasteiger partial charge is 0.296 e. The minimum atomic E-state index is 0.165. The molecule has 2 nitrogen and oxygen atoms in total. The van der Waals surface area contributed by atoms with Gasteiger partial charge in [0.15, 0.2) is 0 Å². The molecular formula is C18H23N2. The maximum atomic E-state index is 4.36. The van der Waals surface area contributed by atoms with Crippen LogP contribution in [0.1, 0.15) is 37.6 Å². The summed E-state index contributed by atoms with van der Waals surface area (Å²) in [4.78, 5) is 6.62. The van der Waals surface area contributed by atoms with Crippen LogP contribution in [0.25, 0.3) is 0 Å². The average Bonchev–Trinajstić information content (AvgIpc) is 2.39. The summed E-state index contributed by atoms with van der Waals surface area (Å²) in [6.45, 7) is 8.42. The first-order valence-corrected chi connectivity index (χ1v) is 7.05. The van der Waals surface area contributed by atoms with E-state index >= 15 is 0 Å². The van der Waals surface area contributed by atoms with Gasteiger partial charge in [-0.15, -0.1) is 0 Å². The van der Waals surface area contributed by atoms with Crippen molar-refractivity contribution in [2.45, 2.75) is 39.3 Å². The van der Waals surface area contributed by atoms with Crippen LogP contribution in [0.3, 0.4) is 0 Å². The standard InChI is InChI=1S/C18H23N2/c1-18(2,3)16-10-8-15(9-11-16)13-20(4)14-17-7-5-6-12-19-17/h5-10,12H,13-14H2,1-4H3. The van der Waals surface area contributed by atoms with E-state index in [1.165, 1.54) is 11.1 Å². The van der Waals surface area contributed by atoms with Crippen LogP contribution in [0.5, 0.6) is 0 Å². The molecule has 1 radical (unpaired) electrons. The zero-order valence-corrected chi connectivity index (χ0v) is 12.9. The Labute approximate surface area is 122 Å². The minimum Gasteiger partial charge on any atom is -0.296 e. The van der Waals surface area contributed by atoms with Crippen molar-refractivity contribution in [2.24, 2.45) is 0 Å². The van der Waals surface area contributed by atoms with Gasteiger partial charge in [0.05, 0.1) is 5.69 Å². The van der Waals surface area contributed by atoms with Crippen molar-refractivity contribution in [2.75, 3.05) is 7.05 Å². The number of benzene rings is 1. The summed E-state index contributed by atoms with van der Waals surface area (Å²) < 4.78 is 0. The lowest BCUT2D eigenvalue weighted by molar-refractivity contribution is 0.315. The van der Waals surface area contributed by atoms with Gasteiger partial charge >= 0.3 is 0 Å². The molecule has 0 saturated heterocycles. The molecule has 0 aliphatic heterocycles. The number of rotatable bonds is 4. The molecular weight excluding hydrogens is 244 g/mol. The van der Waals surface area contributed by atoms with Gasteiger partial charge in [0.1, 0.15) is 0 Å². The van der Waals surface area contributed by atoms with Gasteiger partial charge in [-0.25, -0.2) is 0 Å². The topological polar surface area (TPSA) is 16.1 Å². The van der Waals surface area contributed by atoms with E-state index < -0.39 is 0 Å². The second-order valence-corrected chi connectivity index (χ2v) is 6.35. The van der Waals surface area contributed by atoms with Crippen LogP contribution in [0.4, 0.5) is 0 Å². The van der Waals surface area contributed by atoms with Gasteiger partial charge < -0.3 is 0 Å². The van der Waals surface area contributed by atoms with E-state index in [1.54, 1.807) is 0 Å². The number of hydrogen-bond donors (Lipinski definition) is 0. The monoisotopic (exact) mass is 267 g/mol. The third-order valence-electron chi connectivity index (χ3n) is 3.30. The Morgan fingerprint density at radius 2 is 1.90 bits per heavy atom. The van der Waals surface area contributed by atoms with Gasteiger partial charge in [0.25, 0.3) is 0 Å². The van der Waals surface area contributed by atoms with Gasteiger partial charge in [-0.2, -0.15) is 0 Å². The molecule has 0 aliphatic carbocycles. The second kappa shape index (κ2) is 6.19. The lowest BCUT2D eigenvalue weighted by atomic mass is 9.87. The third-order valence-corrected chi connectivity index (χ3v) is 3.30. The molecule has 2 rings (SSSR count). The predicted molar refractivity (Wildman–Crippen MR) is 83.4 cm³/mol. The molecule has 0 saturated carbocycles.